The van der Waals surface area contributed by atoms with Gasteiger partial charge >= 0.3 is 6.18 Å². The number of amides is 3. The summed E-state index contributed by atoms with van der Waals surface area (Å²) in [7, 11) is 0. The summed E-state index contributed by atoms with van der Waals surface area (Å²) >= 11 is 0. The van der Waals surface area contributed by atoms with E-state index in [9.17, 15) is 27.6 Å². The van der Waals surface area contributed by atoms with Crippen LogP contribution in [0.5, 0.6) is 5.75 Å². The highest BCUT2D eigenvalue weighted by Crippen LogP contribution is 2.25. The second kappa shape index (κ2) is 7.86. The van der Waals surface area contributed by atoms with Crippen LogP contribution in [-0.2, 0) is 14.4 Å². The van der Waals surface area contributed by atoms with Gasteiger partial charge < -0.3 is 10.1 Å². The van der Waals surface area contributed by atoms with Gasteiger partial charge in [0.2, 0.25) is 17.7 Å². The quantitative estimate of drug-likeness (QED) is 0.773. The maximum absolute atomic E-state index is 12.2. The first-order valence-corrected chi connectivity index (χ1v) is 7.56. The molecule has 1 aliphatic heterocycles. The SMILES string of the molecule is N#Cc1cc(NC(=O)CCN2C(=O)CCC2=O)ccc1OCC(F)(F)F. The summed E-state index contributed by atoms with van der Waals surface area (Å²) in [6, 6.07) is 5.30. The van der Waals surface area contributed by atoms with Crippen LogP contribution in [0.1, 0.15) is 24.8 Å². The fourth-order valence-electron chi connectivity index (χ4n) is 2.29. The maximum atomic E-state index is 12.2. The van der Waals surface area contributed by atoms with Gasteiger partial charge in [0.05, 0.1) is 5.56 Å². The Morgan fingerprint density at radius 2 is 1.92 bits per heavy atom. The second-order valence-corrected chi connectivity index (χ2v) is 5.46. The van der Waals surface area contributed by atoms with Crippen LogP contribution in [0.25, 0.3) is 0 Å². The molecule has 0 aromatic heterocycles. The number of hydrogen-bond donors (Lipinski definition) is 1. The van der Waals surface area contributed by atoms with Gasteiger partial charge in [-0.15, -0.1) is 0 Å². The van der Waals surface area contributed by atoms with E-state index in [-0.39, 0.29) is 54.6 Å². The van der Waals surface area contributed by atoms with E-state index in [1.807, 2.05) is 0 Å². The summed E-state index contributed by atoms with van der Waals surface area (Å²) in [5, 5.41) is 11.5. The van der Waals surface area contributed by atoms with Crippen molar-refractivity contribution in [1.82, 2.24) is 4.90 Å². The van der Waals surface area contributed by atoms with Gasteiger partial charge in [0.25, 0.3) is 0 Å². The lowest BCUT2D eigenvalue weighted by Gasteiger charge is -2.14. The van der Waals surface area contributed by atoms with Crippen LogP contribution in [0.15, 0.2) is 18.2 Å². The van der Waals surface area contributed by atoms with Crippen molar-refractivity contribution in [3.63, 3.8) is 0 Å². The van der Waals surface area contributed by atoms with Gasteiger partial charge in [-0.25, -0.2) is 0 Å². The van der Waals surface area contributed by atoms with E-state index in [0.717, 1.165) is 11.0 Å². The molecule has 138 valence electrons. The Kier molecular flexibility index (Phi) is 5.82. The average Bonchev–Trinajstić information content (AvgIpc) is 2.89. The third-order valence-corrected chi connectivity index (χ3v) is 3.49. The number of halogens is 3. The van der Waals surface area contributed by atoms with Crippen LogP contribution in [0.2, 0.25) is 0 Å². The molecule has 0 atom stereocenters. The number of carbonyl (C=O) groups excluding carboxylic acids is 3. The lowest BCUT2D eigenvalue weighted by molar-refractivity contribution is -0.153. The molecule has 0 saturated carbocycles. The monoisotopic (exact) mass is 369 g/mol. The highest BCUT2D eigenvalue weighted by atomic mass is 19.4. The van der Waals surface area contributed by atoms with Gasteiger partial charge in [0, 0.05) is 31.5 Å². The summed E-state index contributed by atoms with van der Waals surface area (Å²) < 4.78 is 41.1. The number of nitrogens with zero attached hydrogens (tertiary/aromatic N) is 2. The Morgan fingerprint density at radius 3 is 2.50 bits per heavy atom. The first kappa shape index (κ1) is 19.2. The van der Waals surface area contributed by atoms with Crippen molar-refractivity contribution in [2.75, 3.05) is 18.5 Å². The fourth-order valence-corrected chi connectivity index (χ4v) is 2.29. The third kappa shape index (κ3) is 5.20. The van der Waals surface area contributed by atoms with Crippen molar-refractivity contribution in [3.8, 4) is 11.8 Å². The Labute approximate surface area is 146 Å². The van der Waals surface area contributed by atoms with Crippen LogP contribution >= 0.6 is 0 Å². The highest BCUT2D eigenvalue weighted by molar-refractivity contribution is 6.02. The van der Waals surface area contributed by atoms with E-state index >= 15 is 0 Å². The fraction of sp³-hybridized carbons (Fsp3) is 0.375. The van der Waals surface area contributed by atoms with Crippen LogP contribution in [0.4, 0.5) is 18.9 Å². The second-order valence-electron chi connectivity index (χ2n) is 5.46. The predicted molar refractivity (Wildman–Crippen MR) is 81.9 cm³/mol. The number of likely N-dealkylation sites (tertiary alicyclic amines) is 1. The third-order valence-electron chi connectivity index (χ3n) is 3.49. The molecule has 0 radical (unpaired) electrons. The minimum absolute atomic E-state index is 0.0542. The average molecular weight is 369 g/mol. The van der Waals surface area contributed by atoms with Crippen molar-refractivity contribution in [2.45, 2.75) is 25.4 Å². The summed E-state index contributed by atoms with van der Waals surface area (Å²) in [6.45, 7) is -1.59. The van der Waals surface area contributed by atoms with Crippen LogP contribution in [0, 0.1) is 11.3 Å². The number of alkyl halides is 3. The van der Waals surface area contributed by atoms with E-state index in [1.165, 1.54) is 12.1 Å². The van der Waals surface area contributed by atoms with Crippen LogP contribution in [0.3, 0.4) is 0 Å². The molecule has 1 aliphatic rings. The summed E-state index contributed by atoms with van der Waals surface area (Å²) in [5.74, 6) is -1.43. The molecule has 1 aromatic rings. The number of ether oxygens (including phenoxy) is 1. The maximum Gasteiger partial charge on any atom is 0.422 e. The first-order valence-electron chi connectivity index (χ1n) is 7.56. The lowest BCUT2D eigenvalue weighted by Crippen LogP contribution is -2.32. The predicted octanol–water partition coefficient (Wildman–Crippen LogP) is 1.98. The Hall–Kier alpha value is -3.09. The van der Waals surface area contributed by atoms with Gasteiger partial charge in [-0.05, 0) is 18.2 Å². The number of hydrogen-bond acceptors (Lipinski definition) is 5. The number of rotatable bonds is 6. The molecule has 1 aromatic carbocycles. The molecule has 26 heavy (non-hydrogen) atoms. The molecular formula is C16H14F3N3O4. The minimum atomic E-state index is -4.54. The summed E-state index contributed by atoms with van der Waals surface area (Å²) in [6.07, 6.45) is -4.41. The Morgan fingerprint density at radius 1 is 1.27 bits per heavy atom. The molecule has 0 unspecified atom stereocenters. The normalized spacial score (nSPS) is 14.3. The zero-order valence-electron chi connectivity index (χ0n) is 13.4. The molecule has 0 spiro atoms. The summed E-state index contributed by atoms with van der Waals surface area (Å²) in [4.78, 5) is 35.8. The van der Waals surface area contributed by atoms with Crippen molar-refractivity contribution < 1.29 is 32.3 Å². The van der Waals surface area contributed by atoms with Crippen LogP contribution < -0.4 is 10.1 Å². The molecule has 1 N–H and O–H groups in total. The van der Waals surface area contributed by atoms with Gasteiger partial charge in [-0.3, -0.25) is 19.3 Å². The van der Waals surface area contributed by atoms with E-state index < -0.39 is 18.7 Å². The molecule has 10 heteroatoms. The van der Waals surface area contributed by atoms with Crippen molar-refractivity contribution in [2.24, 2.45) is 0 Å². The molecule has 2 rings (SSSR count). The number of nitrogens with one attached hydrogen (secondary N) is 1. The van der Waals surface area contributed by atoms with Gasteiger partial charge in [0.1, 0.15) is 11.8 Å². The van der Waals surface area contributed by atoms with Crippen molar-refractivity contribution >= 4 is 23.4 Å². The van der Waals surface area contributed by atoms with Crippen LogP contribution in [-0.4, -0.2) is 41.9 Å². The number of nitriles is 1. The standard InChI is InChI=1S/C16H14F3N3O4/c17-16(18,19)9-26-12-2-1-11(7-10(12)8-20)21-13(23)5-6-22-14(24)3-4-15(22)25/h1-2,7H,3-6,9H2,(H,21,23). The topological polar surface area (TPSA) is 99.5 Å². The Balaban J connectivity index is 1.94. The molecule has 1 fully saturated rings. The smallest absolute Gasteiger partial charge is 0.422 e. The van der Waals surface area contributed by atoms with E-state index in [0.29, 0.717) is 0 Å². The number of carbonyl (C=O) groups is 3. The molecule has 7 nitrogen and oxygen atoms in total. The highest BCUT2D eigenvalue weighted by Gasteiger charge is 2.29. The largest absolute Gasteiger partial charge is 0.483 e. The zero-order valence-corrected chi connectivity index (χ0v) is 13.4. The van der Waals surface area contributed by atoms with Gasteiger partial charge in [-0.1, -0.05) is 0 Å². The number of anilines is 1. The van der Waals surface area contributed by atoms with Crippen molar-refractivity contribution in [3.05, 3.63) is 23.8 Å². The van der Waals surface area contributed by atoms with Gasteiger partial charge in [-0.2, -0.15) is 18.4 Å². The van der Waals surface area contributed by atoms with E-state index in [1.54, 1.807) is 6.07 Å². The number of imide groups is 1. The Bertz CT molecular complexity index is 755. The van der Waals surface area contributed by atoms with Crippen molar-refractivity contribution in [1.29, 1.82) is 5.26 Å². The molecule has 0 bridgehead atoms. The molecular weight excluding hydrogens is 355 g/mol. The number of benzene rings is 1. The minimum Gasteiger partial charge on any atom is -0.483 e. The summed E-state index contributed by atoms with van der Waals surface area (Å²) in [5.41, 5.74) is 0.0157. The molecule has 3 amide bonds. The molecule has 1 heterocycles. The van der Waals surface area contributed by atoms with E-state index in [2.05, 4.69) is 10.1 Å². The molecule has 0 aliphatic carbocycles. The first-order chi connectivity index (χ1) is 12.2. The zero-order chi connectivity index (χ0) is 19.3. The molecule has 1 saturated heterocycles. The van der Waals surface area contributed by atoms with E-state index in [4.69, 9.17) is 5.26 Å². The lowest BCUT2D eigenvalue weighted by atomic mass is 10.2. The van der Waals surface area contributed by atoms with Gasteiger partial charge in [0.15, 0.2) is 6.61 Å².